The van der Waals surface area contributed by atoms with Gasteiger partial charge in [-0.05, 0) is 18.8 Å². The fourth-order valence-electron chi connectivity index (χ4n) is 2.33. The van der Waals surface area contributed by atoms with Gasteiger partial charge < -0.3 is 5.11 Å². The second-order valence-electron chi connectivity index (χ2n) is 4.83. The van der Waals surface area contributed by atoms with Crippen molar-refractivity contribution in [1.82, 2.24) is 4.90 Å². The van der Waals surface area contributed by atoms with Crippen molar-refractivity contribution < 1.29 is 5.11 Å². The monoisotopic (exact) mass is 247 g/mol. The van der Waals surface area contributed by atoms with Crippen LogP contribution in [-0.2, 0) is 0 Å². The van der Waals surface area contributed by atoms with Gasteiger partial charge in [-0.3, -0.25) is 4.90 Å². The molecule has 1 aliphatic heterocycles. The Morgan fingerprint density at radius 3 is 2.77 bits per heavy atom. The van der Waals surface area contributed by atoms with Crippen molar-refractivity contribution in [3.8, 4) is 0 Å². The zero-order chi connectivity index (χ0) is 9.47. The first kappa shape index (κ1) is 9.94. The Morgan fingerprint density at radius 1 is 1.62 bits per heavy atom. The molecule has 0 radical (unpaired) electrons. The summed E-state index contributed by atoms with van der Waals surface area (Å²) in [5, 5.41) is 10.9. The molecule has 1 heterocycles. The van der Waals surface area contributed by atoms with Gasteiger partial charge >= 0.3 is 0 Å². The van der Waals surface area contributed by atoms with Crippen LogP contribution in [0.4, 0.5) is 0 Å². The number of aliphatic hydroxyl groups excluding tert-OH is 1. The average molecular weight is 248 g/mol. The molecule has 2 fully saturated rings. The molecule has 2 atom stereocenters. The predicted octanol–water partition coefficient (Wildman–Crippen LogP) is 1.47. The van der Waals surface area contributed by atoms with Crippen LogP contribution in [0.3, 0.4) is 0 Å². The van der Waals surface area contributed by atoms with E-state index < -0.39 is 0 Å². The molecule has 0 bridgehead atoms. The third-order valence-electron chi connectivity index (χ3n) is 3.40. The molecule has 0 aromatic carbocycles. The van der Waals surface area contributed by atoms with Gasteiger partial charge in [0.25, 0.3) is 0 Å². The van der Waals surface area contributed by atoms with Crippen molar-refractivity contribution in [1.29, 1.82) is 0 Å². The maximum atomic E-state index is 9.82. The number of hydrogen-bond donors (Lipinski definition) is 1. The van der Waals surface area contributed by atoms with Gasteiger partial charge in [-0.1, -0.05) is 22.9 Å². The summed E-state index contributed by atoms with van der Waals surface area (Å²) >= 11 is 3.49. The second-order valence-corrected chi connectivity index (χ2v) is 5.48. The quantitative estimate of drug-likeness (QED) is 0.764. The Labute approximate surface area is 88.4 Å². The Bertz CT molecular complexity index is 193. The summed E-state index contributed by atoms with van der Waals surface area (Å²) in [6.07, 6.45) is 2.44. The van der Waals surface area contributed by atoms with Gasteiger partial charge in [0, 0.05) is 30.4 Å². The number of rotatable bonds is 3. The highest BCUT2D eigenvalue weighted by molar-refractivity contribution is 9.09. The fourth-order valence-corrected chi connectivity index (χ4v) is 2.54. The number of aliphatic hydroxyl groups is 1. The molecule has 1 aliphatic carbocycles. The van der Waals surface area contributed by atoms with Crippen LogP contribution in [-0.4, -0.2) is 41.1 Å². The van der Waals surface area contributed by atoms with Crippen LogP contribution in [0.1, 0.15) is 19.8 Å². The van der Waals surface area contributed by atoms with Gasteiger partial charge in [-0.15, -0.1) is 0 Å². The molecule has 76 valence electrons. The molecule has 1 saturated carbocycles. The van der Waals surface area contributed by atoms with Crippen molar-refractivity contribution in [2.75, 3.05) is 25.0 Å². The zero-order valence-electron chi connectivity index (χ0n) is 8.17. The standard InChI is InChI=1S/C10H18BrNO/c1-8(4-11)5-12-6-9(13)10(7-12)2-3-10/h8-9,13H,2-7H2,1H3. The van der Waals surface area contributed by atoms with Crippen LogP contribution >= 0.6 is 15.9 Å². The van der Waals surface area contributed by atoms with E-state index in [1.165, 1.54) is 12.8 Å². The number of likely N-dealkylation sites (tertiary alicyclic amines) is 1. The van der Waals surface area contributed by atoms with E-state index in [1.807, 2.05) is 0 Å². The number of alkyl halides is 1. The van der Waals surface area contributed by atoms with E-state index in [-0.39, 0.29) is 6.10 Å². The molecule has 0 aromatic rings. The maximum Gasteiger partial charge on any atom is 0.0735 e. The largest absolute Gasteiger partial charge is 0.391 e. The van der Waals surface area contributed by atoms with Crippen molar-refractivity contribution in [3.05, 3.63) is 0 Å². The molecule has 2 unspecified atom stereocenters. The lowest BCUT2D eigenvalue weighted by atomic mass is 10.0. The Morgan fingerprint density at radius 2 is 2.31 bits per heavy atom. The minimum absolute atomic E-state index is 0.0463. The van der Waals surface area contributed by atoms with Crippen molar-refractivity contribution in [3.63, 3.8) is 0 Å². The SMILES string of the molecule is CC(CBr)CN1CC(O)C2(CC2)C1. The average Bonchev–Trinajstić information content (AvgIpc) is 2.78. The lowest BCUT2D eigenvalue weighted by Gasteiger charge is -2.18. The topological polar surface area (TPSA) is 23.5 Å². The smallest absolute Gasteiger partial charge is 0.0735 e. The fraction of sp³-hybridized carbons (Fsp3) is 1.00. The number of β-amino-alcohol motifs (C(OH)–C–C–N with tert-alkyl or cyclic N) is 1. The number of hydrogen-bond acceptors (Lipinski definition) is 2. The van der Waals surface area contributed by atoms with E-state index in [0.717, 1.165) is 25.0 Å². The van der Waals surface area contributed by atoms with Gasteiger partial charge in [-0.25, -0.2) is 0 Å². The third-order valence-corrected chi connectivity index (χ3v) is 4.51. The lowest BCUT2D eigenvalue weighted by Crippen LogP contribution is -2.27. The van der Waals surface area contributed by atoms with Crippen molar-refractivity contribution in [2.45, 2.75) is 25.9 Å². The van der Waals surface area contributed by atoms with Gasteiger partial charge in [0.05, 0.1) is 6.10 Å². The maximum absolute atomic E-state index is 9.82. The van der Waals surface area contributed by atoms with Crippen LogP contribution < -0.4 is 0 Å². The molecule has 0 aromatic heterocycles. The summed E-state index contributed by atoms with van der Waals surface area (Å²) in [5.41, 5.74) is 0.325. The van der Waals surface area contributed by atoms with E-state index in [4.69, 9.17) is 0 Å². The molecule has 1 spiro atoms. The highest BCUT2D eigenvalue weighted by atomic mass is 79.9. The minimum Gasteiger partial charge on any atom is -0.391 e. The van der Waals surface area contributed by atoms with Crippen LogP contribution in [0.15, 0.2) is 0 Å². The Kier molecular flexibility index (Phi) is 2.69. The normalized spacial score (nSPS) is 33.9. The minimum atomic E-state index is -0.0463. The second kappa shape index (κ2) is 3.52. The van der Waals surface area contributed by atoms with E-state index in [1.54, 1.807) is 0 Å². The van der Waals surface area contributed by atoms with E-state index >= 15 is 0 Å². The summed E-state index contributed by atoms with van der Waals surface area (Å²) in [6, 6.07) is 0. The predicted molar refractivity (Wildman–Crippen MR) is 57.1 cm³/mol. The van der Waals surface area contributed by atoms with Crippen LogP contribution in [0.5, 0.6) is 0 Å². The summed E-state index contributed by atoms with van der Waals surface area (Å²) in [4.78, 5) is 2.42. The summed E-state index contributed by atoms with van der Waals surface area (Å²) < 4.78 is 0. The van der Waals surface area contributed by atoms with Gasteiger partial charge in [0.2, 0.25) is 0 Å². The molecule has 2 rings (SSSR count). The summed E-state index contributed by atoms with van der Waals surface area (Å²) in [6.45, 7) is 5.41. The highest BCUT2D eigenvalue weighted by Crippen LogP contribution is 2.52. The van der Waals surface area contributed by atoms with Gasteiger partial charge in [-0.2, -0.15) is 0 Å². The lowest BCUT2D eigenvalue weighted by molar-refractivity contribution is 0.130. The Balaban J connectivity index is 1.84. The molecule has 13 heavy (non-hydrogen) atoms. The van der Waals surface area contributed by atoms with Crippen molar-refractivity contribution >= 4 is 15.9 Å². The first-order valence-electron chi connectivity index (χ1n) is 5.13. The van der Waals surface area contributed by atoms with Crippen LogP contribution in [0, 0.1) is 11.3 Å². The van der Waals surface area contributed by atoms with E-state index in [2.05, 4.69) is 27.8 Å². The zero-order valence-corrected chi connectivity index (χ0v) is 9.76. The van der Waals surface area contributed by atoms with E-state index in [0.29, 0.717) is 11.3 Å². The molecule has 2 aliphatic rings. The first-order chi connectivity index (χ1) is 6.16. The van der Waals surface area contributed by atoms with Crippen molar-refractivity contribution in [2.24, 2.45) is 11.3 Å². The molecular weight excluding hydrogens is 230 g/mol. The molecule has 2 nitrogen and oxygen atoms in total. The number of nitrogens with zero attached hydrogens (tertiary/aromatic N) is 1. The molecule has 1 saturated heterocycles. The van der Waals surface area contributed by atoms with Gasteiger partial charge in [0.1, 0.15) is 0 Å². The first-order valence-corrected chi connectivity index (χ1v) is 6.25. The molecule has 0 amide bonds. The van der Waals surface area contributed by atoms with E-state index in [9.17, 15) is 5.11 Å². The molecule has 3 heteroatoms. The van der Waals surface area contributed by atoms with Crippen LogP contribution in [0.25, 0.3) is 0 Å². The van der Waals surface area contributed by atoms with Crippen LogP contribution in [0.2, 0.25) is 0 Å². The molecule has 1 N–H and O–H groups in total. The van der Waals surface area contributed by atoms with Gasteiger partial charge in [0.15, 0.2) is 0 Å². The summed E-state index contributed by atoms with van der Waals surface area (Å²) in [5.74, 6) is 0.695. The summed E-state index contributed by atoms with van der Waals surface area (Å²) in [7, 11) is 0. The third kappa shape index (κ3) is 1.92. The number of halogens is 1. The molecular formula is C10H18BrNO. The highest BCUT2D eigenvalue weighted by Gasteiger charge is 2.54. The Hall–Kier alpha value is 0.400.